The molecular weight excluding hydrogens is 248 g/mol. The molecule has 100 valence electrons. The van der Waals surface area contributed by atoms with Gasteiger partial charge < -0.3 is 5.32 Å². The molecule has 0 atom stereocenters. The average Bonchev–Trinajstić information content (AvgIpc) is 2.37. The molecule has 0 unspecified atom stereocenters. The first-order valence-electron chi connectivity index (χ1n) is 5.69. The van der Waals surface area contributed by atoms with Crippen molar-refractivity contribution in [3.05, 3.63) is 45.5 Å². The van der Waals surface area contributed by atoms with Gasteiger partial charge in [-0.2, -0.15) is 0 Å². The van der Waals surface area contributed by atoms with Crippen molar-refractivity contribution < 1.29 is 14.5 Å². The third kappa shape index (κ3) is 4.71. The van der Waals surface area contributed by atoms with Gasteiger partial charge in [0.05, 0.1) is 10.5 Å². The van der Waals surface area contributed by atoms with E-state index in [2.05, 4.69) is 5.32 Å². The zero-order valence-electron chi connectivity index (χ0n) is 10.5. The molecule has 6 heteroatoms. The molecule has 0 spiro atoms. The number of aldehydes is 1. The number of carbonyl (C=O) groups excluding carboxylic acids is 2. The quantitative estimate of drug-likeness (QED) is 0.367. The Morgan fingerprint density at radius 1 is 1.47 bits per heavy atom. The van der Waals surface area contributed by atoms with Crippen molar-refractivity contribution in [1.29, 1.82) is 0 Å². The first-order chi connectivity index (χ1) is 9.04. The second-order valence-electron chi connectivity index (χ2n) is 3.87. The van der Waals surface area contributed by atoms with Crippen LogP contribution in [0.15, 0.2) is 24.3 Å². The Hall–Kier alpha value is -2.50. The highest BCUT2D eigenvalue weighted by atomic mass is 16.6. The minimum Gasteiger partial charge on any atom is -0.356 e. The van der Waals surface area contributed by atoms with Gasteiger partial charge in [0.25, 0.3) is 5.69 Å². The molecule has 0 saturated heterocycles. The third-order valence-corrected chi connectivity index (χ3v) is 2.37. The number of rotatable bonds is 6. The summed E-state index contributed by atoms with van der Waals surface area (Å²) in [5, 5.41) is 13.4. The first kappa shape index (κ1) is 14.6. The van der Waals surface area contributed by atoms with Crippen LogP contribution in [0, 0.1) is 10.1 Å². The van der Waals surface area contributed by atoms with Crippen LogP contribution in [0.4, 0.5) is 5.69 Å². The normalized spacial score (nSPS) is 10.4. The van der Waals surface area contributed by atoms with Crippen LogP contribution in [0.5, 0.6) is 0 Å². The summed E-state index contributed by atoms with van der Waals surface area (Å²) in [6.45, 7) is 1.95. The van der Waals surface area contributed by atoms with Crippen molar-refractivity contribution in [3.63, 3.8) is 0 Å². The summed E-state index contributed by atoms with van der Waals surface area (Å²) in [4.78, 5) is 31.4. The number of hydrogen-bond donors (Lipinski definition) is 1. The van der Waals surface area contributed by atoms with Gasteiger partial charge in [0.15, 0.2) is 6.29 Å². The summed E-state index contributed by atoms with van der Waals surface area (Å²) >= 11 is 0. The van der Waals surface area contributed by atoms with Crippen molar-refractivity contribution in [2.45, 2.75) is 13.3 Å². The predicted octanol–water partition coefficient (Wildman–Crippen LogP) is 1.95. The van der Waals surface area contributed by atoms with Crippen molar-refractivity contribution in [3.8, 4) is 0 Å². The molecule has 0 aromatic heterocycles. The Bertz CT molecular complexity index is 523. The molecule has 1 N–H and O–H groups in total. The number of amides is 1. The van der Waals surface area contributed by atoms with Crippen LogP contribution in [0.1, 0.15) is 29.3 Å². The van der Waals surface area contributed by atoms with Crippen LogP contribution in [-0.4, -0.2) is 23.7 Å². The summed E-state index contributed by atoms with van der Waals surface area (Å²) in [5.74, 6) is -0.0978. The minimum atomic E-state index is -0.585. The Labute approximate surface area is 110 Å². The maximum absolute atomic E-state index is 10.8. The highest BCUT2D eigenvalue weighted by Gasteiger charge is 2.12. The van der Waals surface area contributed by atoms with Gasteiger partial charge in [0.1, 0.15) is 0 Å². The van der Waals surface area contributed by atoms with E-state index in [1.54, 1.807) is 18.2 Å². The van der Waals surface area contributed by atoms with Gasteiger partial charge in [-0.1, -0.05) is 18.2 Å². The van der Waals surface area contributed by atoms with E-state index in [-0.39, 0.29) is 17.2 Å². The molecule has 1 rings (SSSR count). The lowest BCUT2D eigenvalue weighted by Gasteiger charge is -1.99. The zero-order chi connectivity index (χ0) is 14.3. The van der Waals surface area contributed by atoms with Crippen molar-refractivity contribution in [2.75, 3.05) is 6.54 Å². The smallest absolute Gasteiger partial charge is 0.280 e. The molecule has 1 aromatic rings. The van der Waals surface area contributed by atoms with Crippen molar-refractivity contribution >= 4 is 24.0 Å². The largest absolute Gasteiger partial charge is 0.356 e. The van der Waals surface area contributed by atoms with E-state index in [4.69, 9.17) is 0 Å². The van der Waals surface area contributed by atoms with Crippen LogP contribution in [0.25, 0.3) is 6.08 Å². The molecule has 0 radical (unpaired) electrons. The van der Waals surface area contributed by atoms with E-state index in [1.165, 1.54) is 19.1 Å². The molecule has 6 nitrogen and oxygen atoms in total. The van der Waals surface area contributed by atoms with Gasteiger partial charge in [-0.15, -0.1) is 0 Å². The van der Waals surface area contributed by atoms with Gasteiger partial charge in [-0.05, 0) is 18.1 Å². The van der Waals surface area contributed by atoms with Crippen LogP contribution < -0.4 is 5.32 Å². The fourth-order valence-corrected chi connectivity index (χ4v) is 1.47. The molecule has 0 aliphatic rings. The van der Waals surface area contributed by atoms with Gasteiger partial charge in [-0.3, -0.25) is 19.7 Å². The predicted molar refractivity (Wildman–Crippen MR) is 70.8 cm³/mol. The fraction of sp³-hybridized carbons (Fsp3) is 0.231. The van der Waals surface area contributed by atoms with E-state index in [9.17, 15) is 19.7 Å². The number of nitrogens with zero attached hydrogens (tertiary/aromatic N) is 1. The van der Waals surface area contributed by atoms with E-state index in [0.717, 1.165) is 0 Å². The van der Waals surface area contributed by atoms with E-state index in [0.29, 0.717) is 24.8 Å². The molecular formula is C13H14N2O4. The van der Waals surface area contributed by atoms with Gasteiger partial charge in [-0.25, -0.2) is 0 Å². The first-order valence-corrected chi connectivity index (χ1v) is 5.69. The highest BCUT2D eigenvalue weighted by molar-refractivity contribution is 5.82. The summed E-state index contributed by atoms with van der Waals surface area (Å²) < 4.78 is 0. The molecule has 0 aliphatic carbocycles. The number of nitrogens with one attached hydrogen (secondary N) is 1. The second-order valence-corrected chi connectivity index (χ2v) is 3.87. The second kappa shape index (κ2) is 7.05. The van der Waals surface area contributed by atoms with Crippen LogP contribution >= 0.6 is 0 Å². The third-order valence-electron chi connectivity index (χ3n) is 2.37. The Kier molecular flexibility index (Phi) is 5.40. The Morgan fingerprint density at radius 2 is 2.21 bits per heavy atom. The van der Waals surface area contributed by atoms with E-state index >= 15 is 0 Å². The Balaban J connectivity index is 2.71. The van der Waals surface area contributed by atoms with Crippen LogP contribution in [0.3, 0.4) is 0 Å². The van der Waals surface area contributed by atoms with Gasteiger partial charge in [0.2, 0.25) is 5.91 Å². The summed E-state index contributed by atoms with van der Waals surface area (Å²) in [6, 6.07) is 4.39. The number of hydrogen-bond acceptors (Lipinski definition) is 4. The molecule has 0 fully saturated rings. The average molecular weight is 262 g/mol. The number of carbonyl (C=O) groups is 2. The molecule has 0 aliphatic heterocycles. The van der Waals surface area contributed by atoms with E-state index in [1.807, 2.05) is 0 Å². The molecule has 0 bridgehead atoms. The standard InChI is InChI=1S/C13H14N2O4/c1-10(17)14-7-3-2-4-11-5-6-12(9-16)13(8-11)15(18)19/h2,4-6,8-9H,3,7H2,1H3,(H,14,17). The summed E-state index contributed by atoms with van der Waals surface area (Å²) in [7, 11) is 0. The van der Waals surface area contributed by atoms with Gasteiger partial charge >= 0.3 is 0 Å². The maximum atomic E-state index is 10.8. The minimum absolute atomic E-state index is 0.0559. The molecule has 19 heavy (non-hydrogen) atoms. The van der Waals surface area contributed by atoms with Crippen LogP contribution in [-0.2, 0) is 4.79 Å². The summed E-state index contributed by atoms with van der Waals surface area (Å²) in [6.07, 6.45) is 4.60. The summed E-state index contributed by atoms with van der Waals surface area (Å²) in [5.41, 5.74) is 0.486. The molecule has 0 heterocycles. The maximum Gasteiger partial charge on any atom is 0.280 e. The highest BCUT2D eigenvalue weighted by Crippen LogP contribution is 2.19. The number of nitro groups is 1. The zero-order valence-corrected chi connectivity index (χ0v) is 10.5. The number of benzene rings is 1. The van der Waals surface area contributed by atoms with Crippen LogP contribution in [0.2, 0.25) is 0 Å². The monoisotopic (exact) mass is 262 g/mol. The topological polar surface area (TPSA) is 89.3 Å². The van der Waals surface area contributed by atoms with E-state index < -0.39 is 4.92 Å². The lowest BCUT2D eigenvalue weighted by molar-refractivity contribution is -0.385. The molecule has 1 amide bonds. The van der Waals surface area contributed by atoms with Gasteiger partial charge in [0, 0.05) is 19.5 Å². The fourth-order valence-electron chi connectivity index (χ4n) is 1.47. The molecule has 0 saturated carbocycles. The lowest BCUT2D eigenvalue weighted by atomic mass is 10.1. The van der Waals surface area contributed by atoms with Crippen molar-refractivity contribution in [1.82, 2.24) is 5.32 Å². The molecule has 1 aromatic carbocycles. The lowest BCUT2D eigenvalue weighted by Crippen LogP contribution is -2.20. The van der Waals surface area contributed by atoms with Crippen molar-refractivity contribution in [2.24, 2.45) is 0 Å². The SMILES string of the molecule is CC(=O)NCCC=Cc1ccc(C=O)c([N+](=O)[O-])c1. The number of nitro benzene ring substituents is 1. The Morgan fingerprint density at radius 3 is 2.79 bits per heavy atom.